The maximum Gasteiger partial charge on any atom is 0.260 e. The largest absolute Gasteiger partial charge is 0.308 e. The standard InChI is InChI=1S/C26H34N4O3S3.ClH/c1-5-20-8-6-7-15-30(20)36(32,33)22-12-9-19(10-13-22)25(31)29(17-16-28(2)3)26-27-23-14-11-21(34-4)18-24(23)35-26;/h9-14,18,20H,5-8,15-17H2,1-4H3;1H. The number of benzene rings is 2. The van der Waals surface area contributed by atoms with E-state index in [1.807, 2.05) is 44.3 Å². The van der Waals surface area contributed by atoms with Crippen molar-refractivity contribution in [1.82, 2.24) is 14.2 Å². The third kappa shape index (κ3) is 6.66. The lowest BCUT2D eigenvalue weighted by atomic mass is 10.0. The van der Waals surface area contributed by atoms with Crippen molar-refractivity contribution < 1.29 is 13.2 Å². The van der Waals surface area contributed by atoms with Crippen molar-refractivity contribution in [3.8, 4) is 0 Å². The first-order chi connectivity index (χ1) is 17.2. The van der Waals surface area contributed by atoms with Crippen molar-refractivity contribution in [1.29, 1.82) is 0 Å². The van der Waals surface area contributed by atoms with E-state index >= 15 is 0 Å². The highest BCUT2D eigenvalue weighted by molar-refractivity contribution is 7.98. The highest BCUT2D eigenvalue weighted by Crippen LogP contribution is 2.33. The fraction of sp³-hybridized carbons (Fsp3) is 0.462. The van der Waals surface area contributed by atoms with Gasteiger partial charge in [-0.3, -0.25) is 9.69 Å². The molecule has 1 atom stereocenters. The first-order valence-corrected chi connectivity index (χ1v) is 15.8. The van der Waals surface area contributed by atoms with E-state index in [-0.39, 0.29) is 29.3 Å². The highest BCUT2D eigenvalue weighted by atomic mass is 35.5. The fourth-order valence-electron chi connectivity index (χ4n) is 4.48. The van der Waals surface area contributed by atoms with Crippen LogP contribution in [-0.4, -0.2) is 74.5 Å². The number of carbonyl (C=O) groups excluding carboxylic acids is 1. The molecule has 2 heterocycles. The number of thioether (sulfide) groups is 1. The average molecular weight is 583 g/mol. The second-order valence-electron chi connectivity index (χ2n) is 9.29. The number of rotatable bonds is 9. The van der Waals surface area contributed by atoms with Gasteiger partial charge in [0.2, 0.25) is 10.0 Å². The zero-order valence-corrected chi connectivity index (χ0v) is 25.0. The summed E-state index contributed by atoms with van der Waals surface area (Å²) in [6, 6.07) is 12.5. The Hall–Kier alpha value is -1.69. The molecule has 1 aliphatic heterocycles. The third-order valence-electron chi connectivity index (χ3n) is 6.58. The number of nitrogens with zero attached hydrogens (tertiary/aromatic N) is 4. The van der Waals surface area contributed by atoms with Crippen molar-refractivity contribution in [2.24, 2.45) is 0 Å². The van der Waals surface area contributed by atoms with Crippen LogP contribution in [-0.2, 0) is 10.0 Å². The SMILES string of the molecule is CCC1CCCCN1S(=O)(=O)c1ccc(C(=O)N(CCN(C)C)c2nc3ccc(SC)cc3s2)cc1.Cl. The molecule has 0 radical (unpaired) electrons. The van der Waals surface area contributed by atoms with Gasteiger partial charge in [0, 0.05) is 36.1 Å². The summed E-state index contributed by atoms with van der Waals surface area (Å²) < 4.78 is 29.3. The topological polar surface area (TPSA) is 73.8 Å². The summed E-state index contributed by atoms with van der Waals surface area (Å²) in [7, 11) is 0.342. The van der Waals surface area contributed by atoms with E-state index in [2.05, 4.69) is 6.07 Å². The Morgan fingerprint density at radius 3 is 2.51 bits per heavy atom. The van der Waals surface area contributed by atoms with Crippen LogP contribution in [0.1, 0.15) is 43.0 Å². The van der Waals surface area contributed by atoms with Crippen LogP contribution in [0, 0.1) is 0 Å². The van der Waals surface area contributed by atoms with Crippen LogP contribution in [0.5, 0.6) is 0 Å². The van der Waals surface area contributed by atoms with Crippen molar-refractivity contribution in [3.63, 3.8) is 0 Å². The van der Waals surface area contributed by atoms with Crippen molar-refractivity contribution >= 4 is 66.8 Å². The maximum absolute atomic E-state index is 13.6. The summed E-state index contributed by atoms with van der Waals surface area (Å²) in [5, 5.41) is 0.644. The Labute approximate surface area is 234 Å². The lowest BCUT2D eigenvalue weighted by molar-refractivity contribution is 0.0985. The number of carbonyl (C=O) groups is 1. The van der Waals surface area contributed by atoms with Crippen LogP contribution in [0.2, 0.25) is 0 Å². The smallest absolute Gasteiger partial charge is 0.260 e. The van der Waals surface area contributed by atoms with E-state index in [4.69, 9.17) is 4.98 Å². The Balaban J connectivity index is 0.00000380. The fourth-order valence-corrected chi connectivity index (χ4v) is 7.79. The Morgan fingerprint density at radius 1 is 1.14 bits per heavy atom. The molecule has 7 nitrogen and oxygen atoms in total. The molecule has 3 aromatic rings. The molecule has 1 aliphatic rings. The summed E-state index contributed by atoms with van der Waals surface area (Å²) in [6.07, 6.45) is 5.68. The van der Waals surface area contributed by atoms with Gasteiger partial charge in [-0.25, -0.2) is 13.4 Å². The first-order valence-electron chi connectivity index (χ1n) is 12.3. The summed E-state index contributed by atoms with van der Waals surface area (Å²) in [5.41, 5.74) is 1.31. The average Bonchev–Trinajstić information content (AvgIpc) is 3.31. The normalized spacial score (nSPS) is 16.6. The minimum Gasteiger partial charge on any atom is -0.308 e. The first kappa shape index (κ1) is 29.9. The Bertz CT molecular complexity index is 1310. The molecule has 1 amide bonds. The Morgan fingerprint density at radius 2 is 1.86 bits per heavy atom. The minimum atomic E-state index is -3.59. The summed E-state index contributed by atoms with van der Waals surface area (Å²) in [5.74, 6) is -0.186. The van der Waals surface area contributed by atoms with Gasteiger partial charge in [-0.15, -0.1) is 24.2 Å². The maximum atomic E-state index is 13.6. The predicted octanol–water partition coefficient (Wildman–Crippen LogP) is 5.60. The second-order valence-corrected chi connectivity index (χ2v) is 13.1. The lowest BCUT2D eigenvalue weighted by Gasteiger charge is -2.34. The van der Waals surface area contributed by atoms with Crippen LogP contribution in [0.15, 0.2) is 52.3 Å². The Kier molecular flexibility index (Phi) is 10.4. The number of anilines is 1. The molecule has 202 valence electrons. The molecule has 37 heavy (non-hydrogen) atoms. The molecule has 0 spiro atoms. The molecule has 1 fully saturated rings. The van der Waals surface area contributed by atoms with Gasteiger partial charge in [0.25, 0.3) is 5.91 Å². The van der Waals surface area contributed by atoms with Gasteiger partial charge in [0.1, 0.15) is 0 Å². The summed E-state index contributed by atoms with van der Waals surface area (Å²) >= 11 is 3.17. The van der Waals surface area contributed by atoms with Gasteiger partial charge in [0.15, 0.2) is 5.13 Å². The predicted molar refractivity (Wildman–Crippen MR) is 157 cm³/mol. The van der Waals surface area contributed by atoms with Crippen molar-refractivity contribution in [2.45, 2.75) is 48.4 Å². The molecule has 11 heteroatoms. The minimum absolute atomic E-state index is 0. The molecule has 1 aromatic heterocycles. The zero-order chi connectivity index (χ0) is 25.9. The van der Waals surface area contributed by atoms with Crippen molar-refractivity contribution in [2.75, 3.05) is 44.9 Å². The highest BCUT2D eigenvalue weighted by Gasteiger charge is 2.32. The van der Waals surface area contributed by atoms with E-state index < -0.39 is 10.0 Å². The van der Waals surface area contributed by atoms with Gasteiger partial charge < -0.3 is 4.90 Å². The van der Waals surface area contributed by atoms with Gasteiger partial charge in [-0.1, -0.05) is 24.7 Å². The summed E-state index contributed by atoms with van der Waals surface area (Å²) in [4.78, 5) is 23.5. The number of halogens is 1. The molecular formula is C26H35ClN4O3S3. The zero-order valence-electron chi connectivity index (χ0n) is 21.7. The van der Waals surface area contributed by atoms with Crippen LogP contribution in [0.3, 0.4) is 0 Å². The van der Waals surface area contributed by atoms with E-state index in [9.17, 15) is 13.2 Å². The van der Waals surface area contributed by atoms with Gasteiger partial charge in [-0.2, -0.15) is 4.31 Å². The van der Waals surface area contributed by atoms with E-state index in [0.717, 1.165) is 40.8 Å². The number of likely N-dealkylation sites (N-methyl/N-ethyl adjacent to an activating group) is 1. The van der Waals surface area contributed by atoms with Gasteiger partial charge >= 0.3 is 0 Å². The third-order valence-corrected chi connectivity index (χ3v) is 10.3. The molecule has 1 unspecified atom stereocenters. The van der Waals surface area contributed by atoms with Crippen LogP contribution < -0.4 is 4.90 Å². The molecule has 0 N–H and O–H groups in total. The van der Waals surface area contributed by atoms with E-state index in [0.29, 0.717) is 30.3 Å². The summed E-state index contributed by atoms with van der Waals surface area (Å²) in [6.45, 7) is 3.74. The van der Waals surface area contributed by atoms with Crippen LogP contribution >= 0.6 is 35.5 Å². The molecule has 4 rings (SSSR count). The molecule has 0 bridgehead atoms. The van der Waals surface area contributed by atoms with Gasteiger partial charge in [0.05, 0.1) is 15.1 Å². The molecular weight excluding hydrogens is 548 g/mol. The number of fused-ring (bicyclic) bond motifs is 1. The van der Waals surface area contributed by atoms with Crippen LogP contribution in [0.25, 0.3) is 10.2 Å². The number of thiazole rings is 1. The number of hydrogen-bond donors (Lipinski definition) is 0. The van der Waals surface area contributed by atoms with Crippen LogP contribution in [0.4, 0.5) is 5.13 Å². The molecule has 1 saturated heterocycles. The number of hydrogen-bond acceptors (Lipinski definition) is 7. The quantitative estimate of drug-likeness (QED) is 0.306. The van der Waals surface area contributed by atoms with Crippen molar-refractivity contribution in [3.05, 3.63) is 48.0 Å². The number of piperidine rings is 1. The molecule has 0 aliphatic carbocycles. The number of aromatic nitrogens is 1. The molecule has 0 saturated carbocycles. The monoisotopic (exact) mass is 582 g/mol. The van der Waals surface area contributed by atoms with E-state index in [1.165, 1.54) is 11.3 Å². The van der Waals surface area contributed by atoms with E-state index in [1.54, 1.807) is 45.2 Å². The lowest BCUT2D eigenvalue weighted by Crippen LogP contribution is -2.43. The number of amides is 1. The second kappa shape index (κ2) is 12.9. The molecule has 2 aromatic carbocycles. The van der Waals surface area contributed by atoms with Gasteiger partial charge in [-0.05, 0) is 82.1 Å². The number of sulfonamides is 1.